The van der Waals surface area contributed by atoms with E-state index in [1.54, 1.807) is 0 Å². The number of hydrogen-bond acceptors (Lipinski definition) is 4. The van der Waals surface area contributed by atoms with Crippen LogP contribution in [-0.4, -0.2) is 50.4 Å². The Kier molecular flexibility index (Phi) is 5.12. The summed E-state index contributed by atoms with van der Waals surface area (Å²) in [6.07, 6.45) is 3.82. The third-order valence-electron chi connectivity index (χ3n) is 4.47. The van der Waals surface area contributed by atoms with Crippen LogP contribution in [0, 0.1) is 0 Å². The molecule has 2 saturated heterocycles. The van der Waals surface area contributed by atoms with E-state index in [0.717, 1.165) is 44.8 Å². The van der Waals surface area contributed by atoms with Gasteiger partial charge in [-0.05, 0) is 50.6 Å². The Bertz CT molecular complexity index is 423. The standard InChI is InChI=1S/C17H26N2O2/c1-19(15-8-9-18-11-15)12-14-4-6-16(7-5-14)21-13-17-3-2-10-20-17/h4-7,15,17-18H,2-3,8-13H2,1H3. The van der Waals surface area contributed by atoms with Gasteiger partial charge in [0.25, 0.3) is 0 Å². The van der Waals surface area contributed by atoms with E-state index >= 15 is 0 Å². The Hall–Kier alpha value is -1.10. The van der Waals surface area contributed by atoms with Crippen LogP contribution in [0.15, 0.2) is 24.3 Å². The molecule has 2 atom stereocenters. The van der Waals surface area contributed by atoms with Crippen molar-refractivity contribution in [2.45, 2.75) is 38.0 Å². The molecule has 1 aromatic rings. The molecule has 0 saturated carbocycles. The van der Waals surface area contributed by atoms with Crippen molar-refractivity contribution in [3.63, 3.8) is 0 Å². The predicted octanol–water partition coefficient (Wildman–Crippen LogP) is 2.04. The van der Waals surface area contributed by atoms with Crippen LogP contribution in [0.2, 0.25) is 0 Å². The summed E-state index contributed by atoms with van der Waals surface area (Å²) in [5.74, 6) is 0.944. The van der Waals surface area contributed by atoms with Crippen molar-refractivity contribution < 1.29 is 9.47 Å². The lowest BCUT2D eigenvalue weighted by atomic mass is 10.1. The van der Waals surface area contributed by atoms with Crippen LogP contribution in [0.5, 0.6) is 5.75 Å². The van der Waals surface area contributed by atoms with E-state index < -0.39 is 0 Å². The van der Waals surface area contributed by atoms with Crippen molar-refractivity contribution in [3.05, 3.63) is 29.8 Å². The molecule has 0 radical (unpaired) electrons. The van der Waals surface area contributed by atoms with Gasteiger partial charge in [0.2, 0.25) is 0 Å². The number of benzene rings is 1. The second-order valence-electron chi connectivity index (χ2n) is 6.15. The molecule has 2 heterocycles. The van der Waals surface area contributed by atoms with Gasteiger partial charge < -0.3 is 14.8 Å². The minimum absolute atomic E-state index is 0.283. The van der Waals surface area contributed by atoms with Gasteiger partial charge in [-0.25, -0.2) is 0 Å². The van der Waals surface area contributed by atoms with Crippen LogP contribution in [-0.2, 0) is 11.3 Å². The maximum atomic E-state index is 5.80. The van der Waals surface area contributed by atoms with Crippen LogP contribution < -0.4 is 10.1 Å². The van der Waals surface area contributed by atoms with Crippen LogP contribution in [0.3, 0.4) is 0 Å². The molecule has 0 aromatic heterocycles. The third-order valence-corrected chi connectivity index (χ3v) is 4.47. The van der Waals surface area contributed by atoms with Gasteiger partial charge in [-0.1, -0.05) is 12.1 Å². The lowest BCUT2D eigenvalue weighted by Crippen LogP contribution is -2.32. The highest BCUT2D eigenvalue weighted by Gasteiger charge is 2.19. The SMILES string of the molecule is CN(Cc1ccc(OCC2CCCO2)cc1)C1CCNC1. The van der Waals surface area contributed by atoms with Crippen molar-refractivity contribution in [2.24, 2.45) is 0 Å². The molecule has 116 valence electrons. The van der Waals surface area contributed by atoms with Gasteiger partial charge in [0.05, 0.1) is 6.10 Å². The van der Waals surface area contributed by atoms with Crippen LogP contribution >= 0.6 is 0 Å². The molecule has 1 aromatic carbocycles. The second kappa shape index (κ2) is 7.25. The molecule has 2 aliphatic rings. The smallest absolute Gasteiger partial charge is 0.119 e. The molecular weight excluding hydrogens is 264 g/mol. The molecule has 4 nitrogen and oxygen atoms in total. The monoisotopic (exact) mass is 290 g/mol. The molecule has 0 amide bonds. The quantitative estimate of drug-likeness (QED) is 0.869. The minimum atomic E-state index is 0.283. The van der Waals surface area contributed by atoms with E-state index in [-0.39, 0.29) is 6.10 Å². The zero-order chi connectivity index (χ0) is 14.5. The normalized spacial score (nSPS) is 25.6. The number of rotatable bonds is 6. The van der Waals surface area contributed by atoms with Gasteiger partial charge in [-0.3, -0.25) is 4.90 Å². The number of ether oxygens (including phenoxy) is 2. The number of nitrogens with zero attached hydrogens (tertiary/aromatic N) is 1. The highest BCUT2D eigenvalue weighted by Crippen LogP contribution is 2.18. The van der Waals surface area contributed by atoms with Crippen molar-refractivity contribution in [1.82, 2.24) is 10.2 Å². The fourth-order valence-corrected chi connectivity index (χ4v) is 3.09. The Labute approximate surface area is 127 Å². The van der Waals surface area contributed by atoms with E-state index in [1.807, 2.05) is 0 Å². The zero-order valence-corrected chi connectivity index (χ0v) is 12.9. The summed E-state index contributed by atoms with van der Waals surface area (Å²) in [4.78, 5) is 2.43. The summed E-state index contributed by atoms with van der Waals surface area (Å²) in [6, 6.07) is 9.16. The average molecular weight is 290 g/mol. The van der Waals surface area contributed by atoms with Gasteiger partial charge in [0, 0.05) is 25.7 Å². The van der Waals surface area contributed by atoms with E-state index in [4.69, 9.17) is 9.47 Å². The summed E-state index contributed by atoms with van der Waals surface area (Å²) in [5, 5.41) is 3.42. The molecule has 2 aliphatic heterocycles. The first-order valence-electron chi connectivity index (χ1n) is 8.05. The lowest BCUT2D eigenvalue weighted by Gasteiger charge is -2.23. The van der Waals surface area contributed by atoms with Crippen LogP contribution in [0.4, 0.5) is 0 Å². The Morgan fingerprint density at radius 2 is 2.14 bits per heavy atom. The fourth-order valence-electron chi connectivity index (χ4n) is 3.09. The Balaban J connectivity index is 1.46. The Morgan fingerprint density at radius 1 is 1.29 bits per heavy atom. The van der Waals surface area contributed by atoms with E-state index in [1.165, 1.54) is 12.0 Å². The van der Waals surface area contributed by atoms with E-state index in [0.29, 0.717) is 12.6 Å². The zero-order valence-electron chi connectivity index (χ0n) is 12.9. The molecule has 2 fully saturated rings. The molecule has 0 bridgehead atoms. The number of hydrogen-bond donors (Lipinski definition) is 1. The molecule has 0 aliphatic carbocycles. The maximum Gasteiger partial charge on any atom is 0.119 e. The van der Waals surface area contributed by atoms with Crippen molar-refractivity contribution in [3.8, 4) is 5.75 Å². The van der Waals surface area contributed by atoms with Gasteiger partial charge >= 0.3 is 0 Å². The number of likely N-dealkylation sites (N-methyl/N-ethyl adjacent to an activating group) is 1. The second-order valence-corrected chi connectivity index (χ2v) is 6.15. The predicted molar refractivity (Wildman–Crippen MR) is 83.7 cm³/mol. The summed E-state index contributed by atoms with van der Waals surface area (Å²) < 4.78 is 11.4. The topological polar surface area (TPSA) is 33.7 Å². The fraction of sp³-hybridized carbons (Fsp3) is 0.647. The first-order chi connectivity index (χ1) is 10.3. The maximum absolute atomic E-state index is 5.80. The first kappa shape index (κ1) is 14.8. The molecular formula is C17H26N2O2. The van der Waals surface area contributed by atoms with E-state index in [9.17, 15) is 0 Å². The average Bonchev–Trinajstić information content (AvgIpc) is 3.20. The molecule has 0 spiro atoms. The van der Waals surface area contributed by atoms with Crippen molar-refractivity contribution >= 4 is 0 Å². The van der Waals surface area contributed by atoms with Gasteiger partial charge in [-0.15, -0.1) is 0 Å². The van der Waals surface area contributed by atoms with Crippen molar-refractivity contribution in [1.29, 1.82) is 0 Å². The highest BCUT2D eigenvalue weighted by atomic mass is 16.5. The summed E-state index contributed by atoms with van der Waals surface area (Å²) in [7, 11) is 2.21. The summed E-state index contributed by atoms with van der Waals surface area (Å²) in [5.41, 5.74) is 1.34. The Morgan fingerprint density at radius 3 is 2.81 bits per heavy atom. The molecule has 2 unspecified atom stereocenters. The summed E-state index contributed by atoms with van der Waals surface area (Å²) >= 11 is 0. The molecule has 3 rings (SSSR count). The third kappa shape index (κ3) is 4.19. The van der Waals surface area contributed by atoms with E-state index in [2.05, 4.69) is 41.5 Å². The van der Waals surface area contributed by atoms with Crippen LogP contribution in [0.1, 0.15) is 24.8 Å². The molecule has 21 heavy (non-hydrogen) atoms. The molecule has 1 N–H and O–H groups in total. The highest BCUT2D eigenvalue weighted by molar-refractivity contribution is 5.27. The molecule has 4 heteroatoms. The largest absolute Gasteiger partial charge is 0.491 e. The minimum Gasteiger partial charge on any atom is -0.491 e. The first-order valence-corrected chi connectivity index (χ1v) is 8.05. The van der Waals surface area contributed by atoms with Crippen molar-refractivity contribution in [2.75, 3.05) is 33.4 Å². The van der Waals surface area contributed by atoms with Gasteiger partial charge in [0.1, 0.15) is 12.4 Å². The van der Waals surface area contributed by atoms with Crippen LogP contribution in [0.25, 0.3) is 0 Å². The van der Waals surface area contributed by atoms with Gasteiger partial charge in [-0.2, -0.15) is 0 Å². The lowest BCUT2D eigenvalue weighted by molar-refractivity contribution is 0.0679. The number of nitrogens with one attached hydrogen (secondary N) is 1. The summed E-state index contributed by atoms with van der Waals surface area (Å²) in [6.45, 7) is 4.81. The van der Waals surface area contributed by atoms with Gasteiger partial charge in [0.15, 0.2) is 0 Å².